The zero-order valence-corrected chi connectivity index (χ0v) is 45.6. The number of carbonyl (C=O) groups is 1. The van der Waals surface area contributed by atoms with Crippen molar-refractivity contribution in [1.29, 1.82) is 5.26 Å². The van der Waals surface area contributed by atoms with Gasteiger partial charge in [0.2, 0.25) is 0 Å². The lowest BCUT2D eigenvalue weighted by Crippen LogP contribution is -2.50. The Morgan fingerprint density at radius 3 is 2.23 bits per heavy atom. The SMILES string of the molecule is CC(C)(C)[Si](C)(C)O[C@@H]1[C@H](OP(=S)(OCCC#N)OC[C@H]2O[C@@H](n3cc(F)c4c(=O)[nH]cnc43)[C@H](O[PH](=O)O)[C@@H]2O[Si](C)(C)C(C)(C)C)[C@@H](CO)O[C@H]1n1cnc2c(NC(=O)c3ccccc3)ncnc21. The fraction of sp³-hybridized carbons (Fsp3) is 0.558. The normalized spacial score (nSPS) is 24.6. The third-order valence-electron chi connectivity index (χ3n) is 13.3. The van der Waals surface area contributed by atoms with Crippen LogP contribution in [0.4, 0.5) is 10.2 Å². The first-order valence-corrected chi connectivity index (χ1v) is 32.3. The molecule has 7 rings (SSSR count). The Morgan fingerprint density at radius 1 is 0.944 bits per heavy atom. The van der Waals surface area contributed by atoms with Crippen LogP contribution in [-0.4, -0.2) is 123 Å². The highest BCUT2D eigenvalue weighted by atomic mass is 32.5. The fourth-order valence-electron chi connectivity index (χ4n) is 7.57. The highest BCUT2D eigenvalue weighted by Gasteiger charge is 2.56. The molecule has 386 valence electrons. The summed E-state index contributed by atoms with van der Waals surface area (Å²) in [5.74, 6) is -1.21. The van der Waals surface area contributed by atoms with Crippen LogP contribution >= 0.6 is 15.0 Å². The number of nitrogens with one attached hydrogen (secondary N) is 2. The Bertz CT molecular complexity index is 2900. The quantitative estimate of drug-likeness (QED) is 0.0374. The van der Waals surface area contributed by atoms with Crippen LogP contribution < -0.4 is 10.9 Å². The predicted octanol–water partition coefficient (Wildman–Crippen LogP) is 6.85. The second-order valence-corrected chi connectivity index (χ2v) is 33.3. The number of anilines is 1. The second kappa shape index (κ2) is 21.5. The average molecular weight is 1080 g/mol. The first kappa shape index (κ1) is 54.8. The number of rotatable bonds is 19. The number of fused-ring (bicyclic) bond motifs is 2. The molecular formula is C43H60FN9O13P2SSi2. The molecule has 71 heavy (non-hydrogen) atoms. The number of aromatic amines is 1. The number of aliphatic hydroxyl groups excluding tert-OH is 1. The summed E-state index contributed by atoms with van der Waals surface area (Å²) in [7, 11) is -9.33. The standard InChI is InChI=1S/C43H60FN9O13P2SSi2/c1-42(2,3)70(7,8)65-32-28(62-40(33(32)63-67(57)58)52-19-26(44)29-36(52)47-23-49-39(29)56)21-60-68(69,59-18-14-17-45)64-31-27(20-54)61-41(34(31)66-71(9,10)43(4,5)6)53-24-50-30-35(46-22-48-37(30)53)51-38(55)25-15-12-11-13-16-25/h11-13,15-16,19,22-24,27-28,31-34,40-41,54,67H,14,18,20-21H2,1-10H3,(H,57,58)(H,47,49,56)(H,46,48,51,55)/t27-,28-,31-,32-,33-,34-,40-,41-,68?/m1/s1. The highest BCUT2D eigenvalue weighted by Crippen LogP contribution is 2.56. The number of aliphatic hydroxyl groups is 1. The number of nitrogens with zero attached hydrogens (tertiary/aromatic N) is 7. The Balaban J connectivity index is 1.26. The molecule has 0 radical (unpaired) electrons. The number of carbonyl (C=O) groups excluding carboxylic acids is 1. The van der Waals surface area contributed by atoms with Crippen LogP contribution in [0.5, 0.6) is 0 Å². The maximum absolute atomic E-state index is 15.5. The van der Waals surface area contributed by atoms with E-state index in [2.05, 4.69) is 30.2 Å². The molecule has 2 aliphatic heterocycles. The van der Waals surface area contributed by atoms with Crippen LogP contribution in [0.1, 0.15) is 70.8 Å². The van der Waals surface area contributed by atoms with Gasteiger partial charge >= 0.3 is 15.0 Å². The molecule has 28 heteroatoms. The van der Waals surface area contributed by atoms with E-state index in [1.165, 1.54) is 17.2 Å². The Kier molecular flexibility index (Phi) is 16.5. The zero-order valence-electron chi connectivity index (χ0n) is 40.9. The van der Waals surface area contributed by atoms with E-state index in [-0.39, 0.29) is 46.1 Å². The number of halogens is 1. The van der Waals surface area contributed by atoms with Crippen LogP contribution in [0.25, 0.3) is 22.2 Å². The molecule has 1 aromatic carbocycles. The van der Waals surface area contributed by atoms with Crippen molar-refractivity contribution >= 4 is 77.3 Å². The van der Waals surface area contributed by atoms with E-state index in [0.29, 0.717) is 5.56 Å². The van der Waals surface area contributed by atoms with Crippen molar-refractivity contribution in [2.75, 3.05) is 25.1 Å². The number of amides is 1. The highest BCUT2D eigenvalue weighted by molar-refractivity contribution is 8.07. The summed E-state index contributed by atoms with van der Waals surface area (Å²) in [6, 6.07) is 10.6. The van der Waals surface area contributed by atoms with Crippen molar-refractivity contribution in [3.8, 4) is 6.07 Å². The molecule has 0 aliphatic carbocycles. The molecule has 0 saturated carbocycles. The Labute approximate surface area is 417 Å². The van der Waals surface area contributed by atoms with Gasteiger partial charge < -0.3 is 52.2 Å². The largest absolute Gasteiger partial charge is 0.408 e. The molecule has 2 saturated heterocycles. The molecular weight excluding hydrogens is 1020 g/mol. The number of benzene rings is 1. The van der Waals surface area contributed by atoms with E-state index in [9.17, 15) is 29.4 Å². The molecule has 0 bridgehead atoms. The van der Waals surface area contributed by atoms with Crippen LogP contribution in [0.15, 0.2) is 60.3 Å². The van der Waals surface area contributed by atoms with E-state index >= 15 is 4.39 Å². The summed E-state index contributed by atoms with van der Waals surface area (Å²) in [5.41, 5.74) is -0.00251. The second-order valence-electron chi connectivity index (χ2n) is 20.1. The maximum atomic E-state index is 15.5. The molecule has 0 spiro atoms. The molecule has 6 heterocycles. The van der Waals surface area contributed by atoms with Crippen molar-refractivity contribution in [2.24, 2.45) is 0 Å². The summed E-state index contributed by atoms with van der Waals surface area (Å²) >= 11 is 6.15. The van der Waals surface area contributed by atoms with E-state index in [4.69, 9.17) is 48.2 Å². The maximum Gasteiger partial charge on any atom is 0.327 e. The summed E-state index contributed by atoms with van der Waals surface area (Å²) in [6.07, 6.45) is -4.96. The van der Waals surface area contributed by atoms with Crippen molar-refractivity contribution in [3.05, 3.63) is 77.2 Å². The van der Waals surface area contributed by atoms with Gasteiger partial charge in [-0.1, -0.05) is 59.7 Å². The molecule has 1 amide bonds. The lowest BCUT2D eigenvalue weighted by Gasteiger charge is -2.41. The Hall–Kier alpha value is -4.01. The third kappa shape index (κ3) is 11.7. The molecule has 2 fully saturated rings. The van der Waals surface area contributed by atoms with Gasteiger partial charge in [0, 0.05) is 11.8 Å². The van der Waals surface area contributed by atoms with Gasteiger partial charge in [0.1, 0.15) is 48.3 Å². The predicted molar refractivity (Wildman–Crippen MR) is 266 cm³/mol. The van der Waals surface area contributed by atoms with Gasteiger partial charge in [-0.05, 0) is 60.2 Å². The minimum atomic E-state index is -4.11. The number of nitriles is 1. The molecule has 4 aromatic heterocycles. The third-order valence-corrected chi connectivity index (χ3v) is 25.1. The van der Waals surface area contributed by atoms with Crippen molar-refractivity contribution < 1.29 is 60.2 Å². The fourth-order valence-corrected chi connectivity index (χ4v) is 12.8. The number of imidazole rings is 1. The summed E-state index contributed by atoms with van der Waals surface area (Å²) < 4.78 is 83.2. The van der Waals surface area contributed by atoms with Crippen molar-refractivity contribution in [3.63, 3.8) is 0 Å². The smallest absolute Gasteiger partial charge is 0.327 e. The van der Waals surface area contributed by atoms with E-state index in [0.717, 1.165) is 12.5 Å². The number of ether oxygens (including phenoxy) is 2. The van der Waals surface area contributed by atoms with E-state index < -0.39 is 116 Å². The van der Waals surface area contributed by atoms with Gasteiger partial charge in [-0.2, -0.15) is 5.26 Å². The molecule has 5 aromatic rings. The minimum Gasteiger partial charge on any atom is -0.408 e. The van der Waals surface area contributed by atoms with Crippen LogP contribution in [-0.2, 0) is 52.8 Å². The van der Waals surface area contributed by atoms with Crippen LogP contribution in [0, 0.1) is 17.1 Å². The van der Waals surface area contributed by atoms with Crippen molar-refractivity contribution in [2.45, 2.75) is 133 Å². The van der Waals surface area contributed by atoms with E-state index in [1.54, 1.807) is 34.9 Å². The van der Waals surface area contributed by atoms with Gasteiger partial charge in [-0.3, -0.25) is 27.8 Å². The van der Waals surface area contributed by atoms with Crippen LogP contribution in [0.3, 0.4) is 0 Å². The topological polar surface area (TPSA) is 279 Å². The van der Waals surface area contributed by atoms with Gasteiger partial charge in [0.05, 0.1) is 45.0 Å². The first-order valence-electron chi connectivity index (χ1n) is 22.7. The molecule has 2 aliphatic rings. The molecule has 10 atom stereocenters. The molecule has 2 unspecified atom stereocenters. The number of aromatic nitrogens is 7. The van der Waals surface area contributed by atoms with Crippen molar-refractivity contribution in [1.82, 2.24) is 34.1 Å². The van der Waals surface area contributed by atoms with Gasteiger partial charge in [-0.15, -0.1) is 0 Å². The number of hydrogen-bond acceptors (Lipinski definition) is 18. The monoisotopic (exact) mass is 1080 g/mol. The summed E-state index contributed by atoms with van der Waals surface area (Å²) in [5, 5.41) is 22.2. The molecule has 4 N–H and O–H groups in total. The zero-order chi connectivity index (χ0) is 51.8. The van der Waals surface area contributed by atoms with Gasteiger partial charge in [0.25, 0.3) is 11.5 Å². The van der Waals surface area contributed by atoms with E-state index in [1.807, 2.05) is 73.8 Å². The summed E-state index contributed by atoms with van der Waals surface area (Å²) in [6.45, 7) is 14.6. The number of hydrogen-bond donors (Lipinski definition) is 4. The lowest BCUT2D eigenvalue weighted by atomic mass is 10.1. The van der Waals surface area contributed by atoms with Crippen LogP contribution in [0.2, 0.25) is 36.3 Å². The van der Waals surface area contributed by atoms with Gasteiger partial charge in [-0.25, -0.2) is 24.3 Å². The first-order chi connectivity index (χ1) is 33.3. The molecule has 22 nitrogen and oxygen atoms in total. The lowest BCUT2D eigenvalue weighted by molar-refractivity contribution is -0.0546. The van der Waals surface area contributed by atoms with Gasteiger partial charge in [0.15, 0.2) is 57.5 Å². The summed E-state index contributed by atoms with van der Waals surface area (Å²) in [4.78, 5) is 56.2. The minimum absolute atomic E-state index is 0.121. The average Bonchev–Trinajstić information content (AvgIpc) is 4.05. The Morgan fingerprint density at radius 2 is 1.59 bits per heavy atom. The number of H-pyrrole nitrogens is 1.